The second-order valence-electron chi connectivity index (χ2n) is 7.22. The van der Waals surface area contributed by atoms with Gasteiger partial charge < -0.3 is 30.6 Å². The molecule has 1 saturated heterocycles. The van der Waals surface area contributed by atoms with E-state index in [1.807, 2.05) is 0 Å². The van der Waals surface area contributed by atoms with Gasteiger partial charge in [0.25, 0.3) is 0 Å². The summed E-state index contributed by atoms with van der Waals surface area (Å²) in [4.78, 5) is 38.2. The largest absolute Gasteiger partial charge is 0.497 e. The van der Waals surface area contributed by atoms with Crippen molar-refractivity contribution in [3.8, 4) is 21.9 Å². The molecule has 0 radical (unpaired) electrons. The maximum absolute atomic E-state index is 13.0. The first-order valence-electron chi connectivity index (χ1n) is 10.0. The fraction of sp³-hybridized carbons (Fsp3) is 0.381. The molecule has 32 heavy (non-hydrogen) atoms. The zero-order valence-electron chi connectivity index (χ0n) is 17.9. The Morgan fingerprint density at radius 1 is 1.12 bits per heavy atom. The van der Waals surface area contributed by atoms with Gasteiger partial charge in [0, 0.05) is 23.1 Å². The summed E-state index contributed by atoms with van der Waals surface area (Å²) in [5.74, 6) is 0.529. The number of ether oxygens (including phenoxy) is 3. The Hall–Kier alpha value is -3.47. The van der Waals surface area contributed by atoms with E-state index in [9.17, 15) is 14.4 Å². The summed E-state index contributed by atoms with van der Waals surface area (Å²) in [6.07, 6.45) is 1.69. The van der Waals surface area contributed by atoms with E-state index in [1.54, 1.807) is 31.4 Å². The van der Waals surface area contributed by atoms with Crippen LogP contribution in [0.5, 0.6) is 11.5 Å². The number of esters is 1. The van der Waals surface area contributed by atoms with E-state index < -0.39 is 24.1 Å². The molecule has 1 aromatic heterocycles. The smallest absolute Gasteiger partial charge is 0.341 e. The fourth-order valence-corrected chi connectivity index (χ4v) is 4.58. The van der Waals surface area contributed by atoms with E-state index in [2.05, 4.69) is 5.32 Å². The highest BCUT2D eigenvalue weighted by molar-refractivity contribution is 7.20. The van der Waals surface area contributed by atoms with Crippen LogP contribution in [0.4, 0.5) is 14.6 Å². The van der Waals surface area contributed by atoms with Crippen LogP contribution in [-0.4, -0.2) is 56.3 Å². The third kappa shape index (κ3) is 5.41. The normalized spacial score (nSPS) is 16.1. The third-order valence-corrected chi connectivity index (χ3v) is 6.16. The van der Waals surface area contributed by atoms with Gasteiger partial charge in [-0.3, -0.25) is 5.32 Å². The van der Waals surface area contributed by atoms with Crippen molar-refractivity contribution >= 4 is 34.4 Å². The maximum atomic E-state index is 13.0. The Morgan fingerprint density at radius 2 is 1.91 bits per heavy atom. The van der Waals surface area contributed by atoms with Crippen molar-refractivity contribution in [2.75, 3.05) is 32.6 Å². The van der Waals surface area contributed by atoms with Crippen molar-refractivity contribution in [3.05, 3.63) is 29.8 Å². The number of nitrogens with two attached hydrogens (primary N) is 2. The average Bonchev–Trinajstić information content (AvgIpc) is 3.02. The lowest BCUT2D eigenvalue weighted by Gasteiger charge is -2.22. The number of methoxy groups -OCH3 is 2. The minimum absolute atomic E-state index is 0.163. The Bertz CT molecular complexity index is 1010. The summed E-state index contributed by atoms with van der Waals surface area (Å²) in [6, 6.07) is 5.55. The molecule has 172 valence electrons. The molecule has 3 rings (SSSR count). The number of benzene rings is 1. The number of rotatable bonds is 6. The number of thiophene rings is 1. The summed E-state index contributed by atoms with van der Waals surface area (Å²) < 4.78 is 16.4. The first-order valence-corrected chi connectivity index (χ1v) is 10.8. The van der Waals surface area contributed by atoms with Crippen molar-refractivity contribution in [1.29, 1.82) is 0 Å². The number of anilines is 1. The topological polar surface area (TPSA) is 146 Å². The van der Waals surface area contributed by atoms with Gasteiger partial charge in [0.05, 0.1) is 26.3 Å². The van der Waals surface area contributed by atoms with Crippen molar-refractivity contribution in [2.45, 2.75) is 25.4 Å². The van der Waals surface area contributed by atoms with Gasteiger partial charge >= 0.3 is 18.0 Å². The van der Waals surface area contributed by atoms with Gasteiger partial charge in [-0.25, -0.2) is 14.4 Å². The number of amides is 4. The fourth-order valence-electron chi connectivity index (χ4n) is 3.50. The second kappa shape index (κ2) is 10.2. The molecule has 4 amide bonds. The molecule has 0 aliphatic carbocycles. The van der Waals surface area contributed by atoms with Crippen LogP contribution in [0.25, 0.3) is 10.4 Å². The van der Waals surface area contributed by atoms with E-state index in [4.69, 9.17) is 25.7 Å². The molecule has 0 saturated carbocycles. The Labute approximate surface area is 189 Å². The number of carbonyl (C=O) groups is 3. The van der Waals surface area contributed by atoms with Gasteiger partial charge in [0.2, 0.25) is 0 Å². The molecule has 1 fully saturated rings. The number of urea groups is 2. The SMILES string of the molecule is COc1ccc(-c2cc(C(=O)OC3CCCCN(C(N)=O)C3)c(NC(N)=O)s2)c(OC)c1. The zero-order chi connectivity index (χ0) is 23.3. The molecule has 10 nitrogen and oxygen atoms in total. The van der Waals surface area contributed by atoms with Gasteiger partial charge in [0.15, 0.2) is 0 Å². The Kier molecular flexibility index (Phi) is 7.41. The molecule has 1 atom stereocenters. The van der Waals surface area contributed by atoms with E-state index in [0.717, 1.165) is 12.8 Å². The molecule has 5 N–H and O–H groups in total. The van der Waals surface area contributed by atoms with Crippen LogP contribution < -0.4 is 26.3 Å². The number of hydrogen-bond donors (Lipinski definition) is 3. The summed E-state index contributed by atoms with van der Waals surface area (Å²) in [6.45, 7) is 0.751. The summed E-state index contributed by atoms with van der Waals surface area (Å²) in [5.41, 5.74) is 11.6. The van der Waals surface area contributed by atoms with E-state index in [0.29, 0.717) is 34.9 Å². The van der Waals surface area contributed by atoms with Crippen molar-refractivity contribution < 1.29 is 28.6 Å². The standard InChI is InChI=1S/C21H26N4O6S/c1-29-12-6-7-14(16(9-12)30-2)17-10-15(18(32-17)24-20(22)27)19(26)31-13-5-3-4-8-25(11-13)21(23)28/h6-7,9-10,13H,3-5,8,11H2,1-2H3,(H2,23,28)(H3,22,24,27). The quantitative estimate of drug-likeness (QED) is 0.563. The van der Waals surface area contributed by atoms with Gasteiger partial charge in [-0.1, -0.05) is 0 Å². The van der Waals surface area contributed by atoms with Crippen LogP contribution in [0, 0.1) is 0 Å². The molecule has 0 spiro atoms. The zero-order valence-corrected chi connectivity index (χ0v) is 18.7. The molecule has 1 aliphatic heterocycles. The molecule has 2 heterocycles. The van der Waals surface area contributed by atoms with Crippen LogP contribution in [0.15, 0.2) is 24.3 Å². The molecular weight excluding hydrogens is 436 g/mol. The van der Waals surface area contributed by atoms with Crippen molar-refractivity contribution in [1.82, 2.24) is 4.90 Å². The summed E-state index contributed by atoms with van der Waals surface area (Å²) >= 11 is 1.17. The van der Waals surface area contributed by atoms with Crippen LogP contribution >= 0.6 is 11.3 Å². The molecule has 0 bridgehead atoms. The Balaban J connectivity index is 1.90. The number of likely N-dealkylation sites (tertiary alicyclic amines) is 1. The van der Waals surface area contributed by atoms with E-state index in [-0.39, 0.29) is 17.1 Å². The predicted molar refractivity (Wildman–Crippen MR) is 120 cm³/mol. The van der Waals surface area contributed by atoms with Crippen molar-refractivity contribution in [3.63, 3.8) is 0 Å². The highest BCUT2D eigenvalue weighted by atomic mass is 32.1. The van der Waals surface area contributed by atoms with Crippen LogP contribution in [0.2, 0.25) is 0 Å². The van der Waals surface area contributed by atoms with Crippen molar-refractivity contribution in [2.24, 2.45) is 11.5 Å². The van der Waals surface area contributed by atoms with Crippen LogP contribution in [-0.2, 0) is 4.74 Å². The first-order chi connectivity index (χ1) is 15.3. The third-order valence-electron chi connectivity index (χ3n) is 5.08. The minimum atomic E-state index is -0.802. The van der Waals surface area contributed by atoms with E-state index in [1.165, 1.54) is 23.3 Å². The highest BCUT2D eigenvalue weighted by Crippen LogP contribution is 2.41. The molecular formula is C21H26N4O6S. The number of nitrogens with zero attached hydrogens (tertiary/aromatic N) is 1. The first kappa shape index (κ1) is 23.2. The van der Waals surface area contributed by atoms with Gasteiger partial charge in [-0.15, -0.1) is 11.3 Å². The molecule has 2 aromatic rings. The monoisotopic (exact) mass is 462 g/mol. The Morgan fingerprint density at radius 3 is 2.56 bits per heavy atom. The lowest BCUT2D eigenvalue weighted by Crippen LogP contribution is -2.41. The lowest BCUT2D eigenvalue weighted by atomic mass is 10.1. The second-order valence-corrected chi connectivity index (χ2v) is 8.27. The maximum Gasteiger partial charge on any atom is 0.341 e. The lowest BCUT2D eigenvalue weighted by molar-refractivity contribution is 0.0242. The molecule has 1 aliphatic rings. The number of primary amides is 2. The van der Waals surface area contributed by atoms with Gasteiger partial charge in [-0.05, 0) is 37.5 Å². The number of hydrogen-bond acceptors (Lipinski definition) is 7. The molecule has 11 heteroatoms. The molecule has 1 unspecified atom stereocenters. The predicted octanol–water partition coefficient (Wildman–Crippen LogP) is 3.01. The van der Waals surface area contributed by atoms with Gasteiger partial charge in [0.1, 0.15) is 22.6 Å². The molecule has 1 aromatic carbocycles. The van der Waals surface area contributed by atoms with Crippen LogP contribution in [0.3, 0.4) is 0 Å². The summed E-state index contributed by atoms with van der Waals surface area (Å²) in [5, 5.41) is 2.75. The van der Waals surface area contributed by atoms with E-state index >= 15 is 0 Å². The number of carbonyl (C=O) groups excluding carboxylic acids is 3. The minimum Gasteiger partial charge on any atom is -0.497 e. The van der Waals surface area contributed by atoms with Crippen LogP contribution in [0.1, 0.15) is 29.6 Å². The highest BCUT2D eigenvalue weighted by Gasteiger charge is 2.27. The number of nitrogens with one attached hydrogen (secondary N) is 1. The average molecular weight is 463 g/mol. The van der Waals surface area contributed by atoms with Gasteiger partial charge in [-0.2, -0.15) is 0 Å². The summed E-state index contributed by atoms with van der Waals surface area (Å²) in [7, 11) is 3.08.